The third-order valence-corrected chi connectivity index (χ3v) is 8.47. The molecule has 0 radical (unpaired) electrons. The second kappa shape index (κ2) is 9.07. The molecular weight excluding hydrogens is 420 g/mol. The number of carbonyl (C=O) groups excluding carboxylic acids is 2. The van der Waals surface area contributed by atoms with E-state index in [2.05, 4.69) is 13.5 Å². The van der Waals surface area contributed by atoms with Crippen molar-refractivity contribution in [2.45, 2.75) is 58.2 Å². The number of carbonyl (C=O) groups is 2. The Morgan fingerprint density at radius 2 is 2.00 bits per heavy atom. The summed E-state index contributed by atoms with van der Waals surface area (Å²) in [5.74, 6) is -0.696. The van der Waals surface area contributed by atoms with E-state index in [1.54, 1.807) is 24.3 Å². The molecule has 1 aliphatic heterocycles. The van der Waals surface area contributed by atoms with Gasteiger partial charge in [-0.3, -0.25) is 0 Å². The van der Waals surface area contributed by atoms with Gasteiger partial charge in [-0.2, -0.15) is 0 Å². The van der Waals surface area contributed by atoms with Gasteiger partial charge in [-0.15, -0.1) is 0 Å². The highest BCUT2D eigenvalue weighted by atomic mass is 16.6. The van der Waals surface area contributed by atoms with Gasteiger partial charge in [0, 0.05) is 5.41 Å². The molecule has 2 N–H and O–H groups in total. The summed E-state index contributed by atoms with van der Waals surface area (Å²) in [4.78, 5) is 24.9. The molecule has 6 nitrogen and oxygen atoms in total. The maximum absolute atomic E-state index is 12.5. The van der Waals surface area contributed by atoms with Crippen molar-refractivity contribution in [3.8, 4) is 0 Å². The summed E-state index contributed by atoms with van der Waals surface area (Å²) >= 11 is 0. The minimum Gasteiger partial charge on any atom is -0.458 e. The van der Waals surface area contributed by atoms with Gasteiger partial charge in [-0.25, -0.2) is 9.59 Å². The molecule has 178 valence electrons. The molecule has 1 saturated heterocycles. The van der Waals surface area contributed by atoms with Crippen LogP contribution < -0.4 is 0 Å². The molecule has 3 fully saturated rings. The van der Waals surface area contributed by atoms with Crippen LogP contribution in [0.5, 0.6) is 0 Å². The quantitative estimate of drug-likeness (QED) is 0.399. The first-order valence-corrected chi connectivity index (χ1v) is 11.8. The second-order valence-electron chi connectivity index (χ2n) is 10.3. The number of rotatable bonds is 5. The van der Waals surface area contributed by atoms with Gasteiger partial charge in [0.05, 0.1) is 23.8 Å². The molecule has 4 rings (SSSR count). The maximum Gasteiger partial charge on any atom is 0.338 e. The van der Waals surface area contributed by atoms with Crippen LogP contribution in [0.25, 0.3) is 0 Å². The largest absolute Gasteiger partial charge is 0.458 e. The molecule has 1 aromatic carbocycles. The van der Waals surface area contributed by atoms with Crippen LogP contribution in [0.2, 0.25) is 0 Å². The molecular formula is C27H34O6. The lowest BCUT2D eigenvalue weighted by atomic mass is 9.46. The highest BCUT2D eigenvalue weighted by Crippen LogP contribution is 2.61. The van der Waals surface area contributed by atoms with Crippen molar-refractivity contribution in [3.63, 3.8) is 0 Å². The molecule has 2 aliphatic carbocycles. The number of hydrogen-bond donors (Lipinski definition) is 2. The zero-order valence-electron chi connectivity index (χ0n) is 19.5. The van der Waals surface area contributed by atoms with Gasteiger partial charge in [0.2, 0.25) is 0 Å². The van der Waals surface area contributed by atoms with E-state index in [4.69, 9.17) is 9.47 Å². The van der Waals surface area contributed by atoms with E-state index in [0.717, 1.165) is 24.8 Å². The third-order valence-electron chi connectivity index (χ3n) is 8.47. The van der Waals surface area contributed by atoms with Crippen LogP contribution >= 0.6 is 0 Å². The summed E-state index contributed by atoms with van der Waals surface area (Å²) in [6, 6.07) is 8.69. The maximum atomic E-state index is 12.5. The molecule has 1 heterocycles. The van der Waals surface area contributed by atoms with Crippen LogP contribution in [0.3, 0.4) is 0 Å². The molecule has 1 unspecified atom stereocenters. The fourth-order valence-electron chi connectivity index (χ4n) is 6.42. The molecule has 6 heteroatoms. The lowest BCUT2D eigenvalue weighted by Crippen LogP contribution is -2.57. The van der Waals surface area contributed by atoms with Gasteiger partial charge in [0.15, 0.2) is 6.10 Å². The van der Waals surface area contributed by atoms with Gasteiger partial charge in [-0.05, 0) is 61.5 Å². The molecule has 6 atom stereocenters. The van der Waals surface area contributed by atoms with Gasteiger partial charge in [-0.1, -0.05) is 50.3 Å². The number of aliphatic hydroxyl groups is 2. The molecule has 33 heavy (non-hydrogen) atoms. The molecule has 0 spiro atoms. The molecule has 0 bridgehead atoms. The lowest BCUT2D eigenvalue weighted by Gasteiger charge is -2.59. The first-order valence-electron chi connectivity index (χ1n) is 11.8. The number of fused-ring (bicyclic) bond motifs is 1. The van der Waals surface area contributed by atoms with Crippen LogP contribution in [0.4, 0.5) is 0 Å². The van der Waals surface area contributed by atoms with Crippen LogP contribution in [0.15, 0.2) is 54.1 Å². The van der Waals surface area contributed by atoms with E-state index in [0.29, 0.717) is 24.0 Å². The summed E-state index contributed by atoms with van der Waals surface area (Å²) in [5.41, 5.74) is 1.22. The average Bonchev–Trinajstić information content (AvgIpc) is 3.15. The Balaban J connectivity index is 1.55. The van der Waals surface area contributed by atoms with Crippen molar-refractivity contribution in [1.29, 1.82) is 0 Å². The first-order chi connectivity index (χ1) is 15.7. The first kappa shape index (κ1) is 23.7. The Kier molecular flexibility index (Phi) is 6.52. The van der Waals surface area contributed by atoms with E-state index >= 15 is 0 Å². The normalized spacial score (nSPS) is 37.5. The van der Waals surface area contributed by atoms with E-state index in [-0.39, 0.29) is 30.5 Å². The Morgan fingerprint density at radius 1 is 1.27 bits per heavy atom. The van der Waals surface area contributed by atoms with E-state index in [1.165, 1.54) is 0 Å². The minimum atomic E-state index is -0.735. The summed E-state index contributed by atoms with van der Waals surface area (Å²) in [6.07, 6.45) is 4.33. The SMILES string of the molecule is C=C1CCC2[C@](C)(CO)[C@H](O)CC[C@]2(C)[C@H]1C/C=C1/C(=O)OC[C@H]1OC(=O)c1ccccc1. The Hall–Kier alpha value is -2.44. The standard InChI is InChI=1S/C27H34O6/c1-17-9-12-22-26(2,14-13-23(29)27(22,3)16-28)20(17)11-10-19-21(15-32-25(19)31)33-24(30)18-7-5-4-6-8-18/h4-8,10,20-23,28-29H,1,9,11-16H2,2-3H3/b19-10+/t20-,21+,22?,23+,26+,27-/m0/s1. The Labute approximate surface area is 195 Å². The number of cyclic esters (lactones) is 1. The summed E-state index contributed by atoms with van der Waals surface area (Å²) in [6.45, 7) is 8.51. The smallest absolute Gasteiger partial charge is 0.338 e. The molecule has 0 amide bonds. The third kappa shape index (κ3) is 4.15. The fraction of sp³-hybridized carbons (Fsp3) is 0.556. The van der Waals surface area contributed by atoms with E-state index < -0.39 is 29.6 Å². The Bertz CT molecular complexity index is 953. The number of benzene rings is 1. The number of esters is 2. The van der Waals surface area contributed by atoms with E-state index in [9.17, 15) is 19.8 Å². The topological polar surface area (TPSA) is 93.1 Å². The van der Waals surface area contributed by atoms with E-state index in [1.807, 2.05) is 19.1 Å². The highest BCUT2D eigenvalue weighted by molar-refractivity contribution is 5.94. The molecule has 3 aliphatic rings. The highest BCUT2D eigenvalue weighted by Gasteiger charge is 2.57. The summed E-state index contributed by atoms with van der Waals surface area (Å²) in [7, 11) is 0. The van der Waals surface area contributed by atoms with Crippen molar-refractivity contribution < 1.29 is 29.3 Å². The van der Waals surface area contributed by atoms with Crippen LogP contribution in [0.1, 0.15) is 56.3 Å². The minimum absolute atomic E-state index is 0.0174. The Morgan fingerprint density at radius 3 is 2.70 bits per heavy atom. The molecule has 0 aromatic heterocycles. The van der Waals surface area contributed by atoms with Gasteiger partial charge < -0.3 is 19.7 Å². The van der Waals surface area contributed by atoms with Crippen LogP contribution in [-0.4, -0.2) is 47.6 Å². The van der Waals surface area contributed by atoms with Gasteiger partial charge in [0.1, 0.15) is 6.61 Å². The van der Waals surface area contributed by atoms with Crippen molar-refractivity contribution in [1.82, 2.24) is 0 Å². The lowest BCUT2D eigenvalue weighted by molar-refractivity contribution is -0.151. The van der Waals surface area contributed by atoms with Crippen molar-refractivity contribution in [2.24, 2.45) is 22.7 Å². The second-order valence-corrected chi connectivity index (χ2v) is 10.3. The summed E-state index contributed by atoms with van der Waals surface area (Å²) < 4.78 is 10.8. The molecule has 1 aromatic rings. The number of allylic oxidation sites excluding steroid dienone is 2. The predicted molar refractivity (Wildman–Crippen MR) is 123 cm³/mol. The van der Waals surface area contributed by atoms with Crippen LogP contribution in [-0.2, 0) is 14.3 Å². The average molecular weight is 455 g/mol. The number of ether oxygens (including phenoxy) is 2. The van der Waals surface area contributed by atoms with Crippen LogP contribution in [0, 0.1) is 22.7 Å². The number of aliphatic hydroxyl groups excluding tert-OH is 2. The zero-order chi connectivity index (χ0) is 23.8. The monoisotopic (exact) mass is 454 g/mol. The van der Waals surface area contributed by atoms with Crippen molar-refractivity contribution in [2.75, 3.05) is 13.2 Å². The zero-order valence-corrected chi connectivity index (χ0v) is 19.5. The van der Waals surface area contributed by atoms with Crippen molar-refractivity contribution >= 4 is 11.9 Å². The van der Waals surface area contributed by atoms with Crippen molar-refractivity contribution in [3.05, 3.63) is 59.7 Å². The summed E-state index contributed by atoms with van der Waals surface area (Å²) in [5, 5.41) is 20.9. The molecule has 2 saturated carbocycles. The fourth-order valence-corrected chi connectivity index (χ4v) is 6.42. The van der Waals surface area contributed by atoms with Gasteiger partial charge in [0.25, 0.3) is 0 Å². The van der Waals surface area contributed by atoms with Gasteiger partial charge >= 0.3 is 11.9 Å². The number of hydrogen-bond acceptors (Lipinski definition) is 6. The predicted octanol–water partition coefficient (Wildman–Crippen LogP) is 3.83.